The van der Waals surface area contributed by atoms with Crippen molar-refractivity contribution in [1.82, 2.24) is 20.1 Å². The Bertz CT molecular complexity index is 680. The third-order valence-corrected chi connectivity index (χ3v) is 6.79. The molecule has 27 heavy (non-hydrogen) atoms. The average molecular weight is 392 g/mol. The van der Waals surface area contributed by atoms with Gasteiger partial charge in [-0.25, -0.2) is 9.78 Å². The minimum absolute atomic E-state index is 0.148. The molecule has 2 fully saturated rings. The van der Waals surface area contributed by atoms with Crippen molar-refractivity contribution in [3.05, 3.63) is 10.6 Å². The van der Waals surface area contributed by atoms with E-state index in [0.29, 0.717) is 17.7 Å². The van der Waals surface area contributed by atoms with Gasteiger partial charge in [-0.3, -0.25) is 15.0 Å². The number of fused-ring (bicyclic) bond motifs is 1. The van der Waals surface area contributed by atoms with Crippen LogP contribution < -0.4 is 10.6 Å². The van der Waals surface area contributed by atoms with Crippen LogP contribution >= 0.6 is 11.3 Å². The molecule has 148 valence electrons. The molecular formula is C19H29N5O2S. The summed E-state index contributed by atoms with van der Waals surface area (Å²) in [6, 6.07) is 0.154. The highest BCUT2D eigenvalue weighted by Gasteiger charge is 2.25. The number of carbonyl (C=O) groups is 2. The summed E-state index contributed by atoms with van der Waals surface area (Å²) in [6.45, 7) is 3.90. The van der Waals surface area contributed by atoms with Crippen molar-refractivity contribution < 1.29 is 9.59 Å². The number of urea groups is 1. The molecule has 0 radical (unpaired) electrons. The number of hydrogen-bond acceptors (Lipinski definition) is 5. The van der Waals surface area contributed by atoms with Gasteiger partial charge < -0.3 is 10.2 Å². The highest BCUT2D eigenvalue weighted by Crippen LogP contribution is 2.28. The van der Waals surface area contributed by atoms with Crippen LogP contribution in [-0.2, 0) is 17.8 Å². The molecular weight excluding hydrogens is 362 g/mol. The Kier molecular flexibility index (Phi) is 5.92. The van der Waals surface area contributed by atoms with Crippen LogP contribution in [0.15, 0.2) is 0 Å². The first kappa shape index (κ1) is 18.7. The number of likely N-dealkylation sites (tertiary alicyclic amines) is 1. The Morgan fingerprint density at radius 1 is 1.07 bits per heavy atom. The van der Waals surface area contributed by atoms with Crippen molar-refractivity contribution in [2.75, 3.05) is 31.5 Å². The largest absolute Gasteiger partial charge is 0.342 e. The van der Waals surface area contributed by atoms with Crippen LogP contribution in [0.3, 0.4) is 0 Å². The van der Waals surface area contributed by atoms with E-state index < -0.39 is 0 Å². The molecule has 8 heteroatoms. The predicted octanol–water partition coefficient (Wildman–Crippen LogP) is 2.58. The molecule has 0 spiro atoms. The van der Waals surface area contributed by atoms with Crippen LogP contribution in [0.4, 0.5) is 9.93 Å². The van der Waals surface area contributed by atoms with E-state index >= 15 is 0 Å². The molecule has 3 amide bonds. The summed E-state index contributed by atoms with van der Waals surface area (Å²) >= 11 is 1.54. The maximum atomic E-state index is 12.5. The summed E-state index contributed by atoms with van der Waals surface area (Å²) in [5, 5.41) is 6.60. The SMILES string of the molecule is O=C(Nc1nc2c(s1)CN(CC(=O)N1CCCCC1)CC2)NC1CCCC1. The van der Waals surface area contributed by atoms with Gasteiger partial charge in [0.25, 0.3) is 0 Å². The standard InChI is InChI=1S/C19H29N5O2S/c25-17(24-9-4-1-5-10-24)13-23-11-8-15-16(12-23)27-19(21-15)22-18(26)20-14-6-2-3-7-14/h14H,1-13H2,(H2,20,21,22,26). The van der Waals surface area contributed by atoms with Crippen molar-refractivity contribution in [2.45, 2.75) is 64.0 Å². The Morgan fingerprint density at radius 3 is 2.63 bits per heavy atom. The van der Waals surface area contributed by atoms with Gasteiger partial charge in [0.05, 0.1) is 12.2 Å². The number of aromatic nitrogens is 1. The number of piperidine rings is 1. The van der Waals surface area contributed by atoms with E-state index in [9.17, 15) is 9.59 Å². The van der Waals surface area contributed by atoms with Gasteiger partial charge in [0.1, 0.15) is 0 Å². The Hall–Kier alpha value is -1.67. The van der Waals surface area contributed by atoms with Gasteiger partial charge in [0.2, 0.25) is 5.91 Å². The van der Waals surface area contributed by atoms with Crippen molar-refractivity contribution in [3.63, 3.8) is 0 Å². The van der Waals surface area contributed by atoms with E-state index in [1.807, 2.05) is 4.90 Å². The van der Waals surface area contributed by atoms with Crippen LogP contribution in [0, 0.1) is 0 Å². The molecule has 3 heterocycles. The van der Waals surface area contributed by atoms with Crippen LogP contribution in [0.5, 0.6) is 0 Å². The van der Waals surface area contributed by atoms with E-state index in [2.05, 4.69) is 20.5 Å². The molecule has 1 aliphatic carbocycles. The highest BCUT2D eigenvalue weighted by atomic mass is 32.1. The summed E-state index contributed by atoms with van der Waals surface area (Å²) < 4.78 is 0. The molecule has 0 atom stereocenters. The molecule has 1 saturated heterocycles. The fourth-order valence-electron chi connectivity index (χ4n) is 4.26. The molecule has 7 nitrogen and oxygen atoms in total. The van der Waals surface area contributed by atoms with Gasteiger partial charge in [-0.05, 0) is 32.1 Å². The van der Waals surface area contributed by atoms with Crippen molar-refractivity contribution in [3.8, 4) is 0 Å². The molecule has 0 aromatic carbocycles. The first-order valence-electron chi connectivity index (χ1n) is 10.2. The molecule has 1 saturated carbocycles. The molecule has 3 aliphatic rings. The summed E-state index contributed by atoms with van der Waals surface area (Å²) in [6.07, 6.45) is 8.87. The minimum atomic E-state index is -0.148. The predicted molar refractivity (Wildman–Crippen MR) is 106 cm³/mol. The zero-order valence-corrected chi connectivity index (χ0v) is 16.7. The van der Waals surface area contributed by atoms with Crippen LogP contribution in [0.1, 0.15) is 55.5 Å². The fourth-order valence-corrected chi connectivity index (χ4v) is 5.31. The van der Waals surface area contributed by atoms with E-state index in [-0.39, 0.29) is 11.9 Å². The monoisotopic (exact) mass is 391 g/mol. The molecule has 1 aromatic rings. The molecule has 1 aromatic heterocycles. The van der Waals surface area contributed by atoms with Crippen molar-refractivity contribution in [2.24, 2.45) is 0 Å². The third kappa shape index (κ3) is 4.79. The second-order valence-electron chi connectivity index (χ2n) is 7.87. The second-order valence-corrected chi connectivity index (χ2v) is 8.95. The summed E-state index contributed by atoms with van der Waals surface area (Å²) in [5.41, 5.74) is 1.07. The first-order valence-corrected chi connectivity index (χ1v) is 11.1. The summed E-state index contributed by atoms with van der Waals surface area (Å²) in [7, 11) is 0. The average Bonchev–Trinajstić information content (AvgIpc) is 3.31. The molecule has 0 bridgehead atoms. The van der Waals surface area contributed by atoms with E-state index in [0.717, 1.165) is 64.0 Å². The molecule has 4 rings (SSSR count). The Balaban J connectivity index is 1.29. The zero-order chi connectivity index (χ0) is 18.6. The number of nitrogens with zero attached hydrogens (tertiary/aromatic N) is 3. The summed E-state index contributed by atoms with van der Waals surface area (Å²) in [5.74, 6) is 0.247. The topological polar surface area (TPSA) is 77.6 Å². The van der Waals surface area contributed by atoms with E-state index in [4.69, 9.17) is 0 Å². The number of anilines is 1. The maximum Gasteiger partial charge on any atom is 0.321 e. The lowest BCUT2D eigenvalue weighted by Crippen LogP contribution is -2.43. The lowest BCUT2D eigenvalue weighted by atomic mass is 10.1. The first-order chi connectivity index (χ1) is 13.2. The van der Waals surface area contributed by atoms with Crippen LogP contribution in [0.2, 0.25) is 0 Å². The number of carbonyl (C=O) groups excluding carboxylic acids is 2. The van der Waals surface area contributed by atoms with Crippen LogP contribution in [-0.4, -0.2) is 58.9 Å². The quantitative estimate of drug-likeness (QED) is 0.827. The van der Waals surface area contributed by atoms with Crippen LogP contribution in [0.25, 0.3) is 0 Å². The zero-order valence-electron chi connectivity index (χ0n) is 15.8. The number of thiazole rings is 1. The van der Waals surface area contributed by atoms with Gasteiger partial charge in [-0.2, -0.15) is 0 Å². The maximum absolute atomic E-state index is 12.5. The molecule has 2 N–H and O–H groups in total. The van der Waals surface area contributed by atoms with Gasteiger partial charge >= 0.3 is 6.03 Å². The normalized spacial score (nSPS) is 21.1. The Morgan fingerprint density at radius 2 is 1.85 bits per heavy atom. The van der Waals surface area contributed by atoms with E-state index in [1.165, 1.54) is 35.5 Å². The fraction of sp³-hybridized carbons (Fsp3) is 0.737. The lowest BCUT2D eigenvalue weighted by Gasteiger charge is -2.31. The van der Waals surface area contributed by atoms with E-state index in [1.54, 1.807) is 0 Å². The van der Waals surface area contributed by atoms with Gasteiger partial charge in [-0.15, -0.1) is 11.3 Å². The number of rotatable bonds is 4. The second kappa shape index (κ2) is 8.56. The van der Waals surface area contributed by atoms with Gasteiger partial charge in [-0.1, -0.05) is 12.8 Å². The Labute approximate surface area is 164 Å². The number of hydrogen-bond donors (Lipinski definition) is 2. The highest BCUT2D eigenvalue weighted by molar-refractivity contribution is 7.15. The summed E-state index contributed by atoms with van der Waals surface area (Å²) in [4.78, 5) is 34.6. The van der Waals surface area contributed by atoms with Crippen molar-refractivity contribution in [1.29, 1.82) is 0 Å². The van der Waals surface area contributed by atoms with Gasteiger partial charge in [0, 0.05) is 43.5 Å². The number of nitrogens with one attached hydrogen (secondary N) is 2. The van der Waals surface area contributed by atoms with Gasteiger partial charge in [0.15, 0.2) is 5.13 Å². The number of amides is 3. The van der Waals surface area contributed by atoms with Crippen molar-refractivity contribution >= 4 is 28.4 Å². The lowest BCUT2D eigenvalue weighted by molar-refractivity contribution is -0.133. The smallest absolute Gasteiger partial charge is 0.321 e. The third-order valence-electron chi connectivity index (χ3n) is 5.79. The minimum Gasteiger partial charge on any atom is -0.342 e. The molecule has 2 aliphatic heterocycles. The molecule has 0 unspecified atom stereocenters.